The molecule has 0 aliphatic carbocycles. The molecule has 1 aliphatic heterocycles. The van der Waals surface area contributed by atoms with E-state index in [1.165, 1.54) is 31.4 Å². The van der Waals surface area contributed by atoms with E-state index < -0.39 is 6.10 Å². The van der Waals surface area contributed by atoms with Gasteiger partial charge < -0.3 is 24.8 Å². The number of phenols is 3. The van der Waals surface area contributed by atoms with Crippen LogP contribution in [0.4, 0.5) is 0 Å². The van der Waals surface area contributed by atoms with Crippen molar-refractivity contribution in [2.24, 2.45) is 0 Å². The highest BCUT2D eigenvalue weighted by Crippen LogP contribution is 2.47. The quantitative estimate of drug-likeness (QED) is 0.724. The van der Waals surface area contributed by atoms with Gasteiger partial charge in [-0.2, -0.15) is 0 Å². The molecule has 136 valence electrons. The second kappa shape index (κ2) is 6.63. The van der Waals surface area contributed by atoms with Crippen LogP contribution in [0.25, 0.3) is 0 Å². The zero-order chi connectivity index (χ0) is 19.0. The Kier molecular flexibility index (Phi) is 4.50. The van der Waals surface area contributed by atoms with E-state index in [4.69, 9.17) is 9.47 Å². The van der Waals surface area contributed by atoms with Gasteiger partial charge in [-0.15, -0.1) is 0 Å². The average molecular weight is 356 g/mol. The first-order valence-electron chi connectivity index (χ1n) is 8.12. The number of phenolic OH excluding ortho intramolecular Hbond substituents is 3. The lowest BCUT2D eigenvalue weighted by Crippen LogP contribution is -2.13. The van der Waals surface area contributed by atoms with Crippen LogP contribution in [0.2, 0.25) is 0 Å². The number of methoxy groups -OCH3 is 1. The average Bonchev–Trinajstić information content (AvgIpc) is 2.88. The molecule has 0 spiro atoms. The number of hydrogen-bond acceptors (Lipinski definition) is 6. The summed E-state index contributed by atoms with van der Waals surface area (Å²) in [6.45, 7) is 3.86. The molecule has 0 amide bonds. The minimum absolute atomic E-state index is 0.0247. The number of Topliss-reactive ketones (excluding diaryl/α,β-unsaturated/α-hetero) is 1. The molecular weight excluding hydrogens is 336 g/mol. The van der Waals surface area contributed by atoms with E-state index in [0.717, 1.165) is 5.57 Å². The summed E-state index contributed by atoms with van der Waals surface area (Å²) in [6.07, 6.45) is 1.16. The molecule has 0 aromatic heterocycles. The first kappa shape index (κ1) is 17.7. The summed E-state index contributed by atoms with van der Waals surface area (Å²) in [7, 11) is 1.40. The summed E-state index contributed by atoms with van der Waals surface area (Å²) in [5.74, 6) is -0.358. The monoisotopic (exact) mass is 356 g/mol. The van der Waals surface area contributed by atoms with E-state index in [0.29, 0.717) is 17.5 Å². The van der Waals surface area contributed by atoms with Crippen molar-refractivity contribution in [3.05, 3.63) is 52.6 Å². The molecule has 6 nitrogen and oxygen atoms in total. The molecule has 0 bridgehead atoms. The third-order valence-corrected chi connectivity index (χ3v) is 4.27. The Balaban J connectivity index is 2.12. The standard InChI is InChI=1S/C20H20O6/c1-10(2)4-6-12-14(22)9-15(23)17(19(12)25-3)20-18(24)13-7-5-11(21)8-16(13)26-20/h4-5,7-9,20-23H,6H2,1-3H3. The number of aromatic hydroxyl groups is 3. The molecule has 2 aromatic carbocycles. The number of rotatable bonds is 4. The van der Waals surface area contributed by atoms with Gasteiger partial charge in [-0.1, -0.05) is 11.6 Å². The van der Waals surface area contributed by atoms with Crippen LogP contribution < -0.4 is 9.47 Å². The maximum absolute atomic E-state index is 12.7. The Morgan fingerprint density at radius 3 is 2.58 bits per heavy atom. The lowest BCUT2D eigenvalue weighted by molar-refractivity contribution is 0.0850. The first-order chi connectivity index (χ1) is 12.3. The topological polar surface area (TPSA) is 96.2 Å². The fraction of sp³-hybridized carbons (Fsp3) is 0.250. The van der Waals surface area contributed by atoms with Gasteiger partial charge >= 0.3 is 0 Å². The van der Waals surface area contributed by atoms with Crippen molar-refractivity contribution < 1.29 is 29.6 Å². The summed E-state index contributed by atoms with van der Waals surface area (Å²) in [5, 5.41) is 30.2. The van der Waals surface area contributed by atoms with Crippen LogP contribution in [0, 0.1) is 0 Å². The molecule has 2 aromatic rings. The van der Waals surface area contributed by atoms with Crippen molar-refractivity contribution in [3.63, 3.8) is 0 Å². The first-order valence-corrected chi connectivity index (χ1v) is 8.12. The number of ketones is 1. The zero-order valence-electron chi connectivity index (χ0n) is 14.7. The van der Waals surface area contributed by atoms with Crippen molar-refractivity contribution in [3.8, 4) is 28.7 Å². The number of hydrogen-bond donors (Lipinski definition) is 3. The Hall–Kier alpha value is -3.15. The van der Waals surface area contributed by atoms with Crippen molar-refractivity contribution >= 4 is 5.78 Å². The molecule has 3 N–H and O–H groups in total. The largest absolute Gasteiger partial charge is 0.508 e. The van der Waals surface area contributed by atoms with Gasteiger partial charge in [0.15, 0.2) is 6.10 Å². The van der Waals surface area contributed by atoms with Gasteiger partial charge in [-0.3, -0.25) is 4.79 Å². The van der Waals surface area contributed by atoms with E-state index in [9.17, 15) is 20.1 Å². The highest BCUT2D eigenvalue weighted by atomic mass is 16.5. The van der Waals surface area contributed by atoms with E-state index in [2.05, 4.69) is 0 Å². The lowest BCUT2D eigenvalue weighted by atomic mass is 9.95. The fourth-order valence-corrected chi connectivity index (χ4v) is 3.00. The Morgan fingerprint density at radius 2 is 1.92 bits per heavy atom. The second-order valence-electron chi connectivity index (χ2n) is 6.37. The predicted octanol–water partition coefficient (Wildman–Crippen LogP) is 3.64. The van der Waals surface area contributed by atoms with Crippen LogP contribution in [0.5, 0.6) is 28.7 Å². The third-order valence-electron chi connectivity index (χ3n) is 4.27. The molecule has 1 atom stereocenters. The van der Waals surface area contributed by atoms with Crippen molar-refractivity contribution in [1.82, 2.24) is 0 Å². The maximum atomic E-state index is 12.7. The lowest BCUT2D eigenvalue weighted by Gasteiger charge is -2.19. The highest BCUT2D eigenvalue weighted by Gasteiger charge is 2.38. The maximum Gasteiger partial charge on any atom is 0.211 e. The van der Waals surface area contributed by atoms with E-state index in [1.807, 2.05) is 19.9 Å². The molecule has 0 saturated carbocycles. The summed E-state index contributed by atoms with van der Waals surface area (Å²) >= 11 is 0. The zero-order valence-corrected chi connectivity index (χ0v) is 14.7. The van der Waals surface area contributed by atoms with Gasteiger partial charge in [0, 0.05) is 17.7 Å². The Bertz CT molecular complexity index is 909. The van der Waals surface area contributed by atoms with Crippen LogP contribution >= 0.6 is 0 Å². The molecule has 3 rings (SSSR count). The van der Waals surface area contributed by atoms with Gasteiger partial charge in [0.25, 0.3) is 0 Å². The molecule has 1 unspecified atom stereocenters. The summed E-state index contributed by atoms with van der Waals surface area (Å²) in [5.41, 5.74) is 1.98. The van der Waals surface area contributed by atoms with Crippen LogP contribution in [0.1, 0.15) is 41.4 Å². The van der Waals surface area contributed by atoms with Gasteiger partial charge in [-0.25, -0.2) is 0 Å². The number of allylic oxidation sites excluding steroid dienone is 2. The Labute approximate surface area is 150 Å². The normalized spacial score (nSPS) is 15.3. The van der Waals surface area contributed by atoms with Crippen molar-refractivity contribution in [1.29, 1.82) is 0 Å². The predicted molar refractivity (Wildman–Crippen MR) is 95.3 cm³/mol. The highest BCUT2D eigenvalue weighted by molar-refractivity contribution is 6.05. The van der Waals surface area contributed by atoms with Crippen LogP contribution in [-0.4, -0.2) is 28.2 Å². The summed E-state index contributed by atoms with van der Waals surface area (Å²) in [4.78, 5) is 12.7. The minimum atomic E-state index is -1.12. The molecule has 1 aliphatic rings. The number of carbonyl (C=O) groups excluding carboxylic acids is 1. The van der Waals surface area contributed by atoms with Crippen molar-refractivity contribution in [2.45, 2.75) is 26.4 Å². The van der Waals surface area contributed by atoms with E-state index >= 15 is 0 Å². The van der Waals surface area contributed by atoms with Gasteiger partial charge in [-0.05, 0) is 32.4 Å². The molecule has 26 heavy (non-hydrogen) atoms. The number of carbonyl (C=O) groups is 1. The third kappa shape index (κ3) is 2.94. The number of fused-ring (bicyclic) bond motifs is 1. The van der Waals surface area contributed by atoms with Crippen LogP contribution in [0.15, 0.2) is 35.9 Å². The Morgan fingerprint density at radius 1 is 1.19 bits per heavy atom. The van der Waals surface area contributed by atoms with E-state index in [-0.39, 0.29) is 40.1 Å². The van der Waals surface area contributed by atoms with Gasteiger partial charge in [0.2, 0.25) is 5.78 Å². The minimum Gasteiger partial charge on any atom is -0.508 e. The van der Waals surface area contributed by atoms with Gasteiger partial charge in [0.1, 0.15) is 28.7 Å². The van der Waals surface area contributed by atoms with Crippen molar-refractivity contribution in [2.75, 3.05) is 7.11 Å². The molecular formula is C20H20O6. The van der Waals surface area contributed by atoms with E-state index in [1.54, 1.807) is 0 Å². The van der Waals surface area contributed by atoms with Crippen LogP contribution in [-0.2, 0) is 6.42 Å². The smallest absolute Gasteiger partial charge is 0.211 e. The molecule has 1 heterocycles. The number of benzene rings is 2. The van der Waals surface area contributed by atoms with Gasteiger partial charge in [0.05, 0.1) is 18.2 Å². The summed E-state index contributed by atoms with van der Waals surface area (Å²) < 4.78 is 11.1. The van der Waals surface area contributed by atoms with Crippen LogP contribution in [0.3, 0.4) is 0 Å². The fourth-order valence-electron chi connectivity index (χ4n) is 3.00. The second-order valence-corrected chi connectivity index (χ2v) is 6.37. The summed E-state index contributed by atoms with van der Waals surface area (Å²) in [6, 6.07) is 5.40. The number of ether oxygens (including phenoxy) is 2. The molecule has 0 fully saturated rings. The SMILES string of the molecule is COc1c(CC=C(C)C)c(O)cc(O)c1C1Oc2cc(O)ccc2C1=O. The molecule has 0 radical (unpaired) electrons. The molecule has 0 saturated heterocycles. The molecule has 6 heteroatoms.